The van der Waals surface area contributed by atoms with Gasteiger partial charge >= 0.3 is 12.0 Å². The molecule has 0 spiro atoms. The second-order valence-electron chi connectivity index (χ2n) is 6.51. The van der Waals surface area contributed by atoms with Gasteiger partial charge in [0.2, 0.25) is 0 Å². The van der Waals surface area contributed by atoms with E-state index >= 15 is 0 Å². The zero-order valence-corrected chi connectivity index (χ0v) is 18.6. The van der Waals surface area contributed by atoms with Gasteiger partial charge in [0.15, 0.2) is 11.5 Å². The molecule has 2 aromatic rings. The van der Waals surface area contributed by atoms with E-state index in [2.05, 4.69) is 26.0 Å². The standard InChI is InChI=1S/C22H21BrN2O6/c1-3-30-19-11-15(6-9-18(19)31-13-14-4-7-16(23)8-5-14)10-17-21(27)25(22(28)24-17)12-20(26)29-2/h4-11H,3,12-13H2,1-2H3,(H,24,28)/b17-10+. The molecule has 31 heavy (non-hydrogen) atoms. The molecule has 0 bridgehead atoms. The van der Waals surface area contributed by atoms with E-state index in [1.165, 1.54) is 13.2 Å². The summed E-state index contributed by atoms with van der Waals surface area (Å²) in [7, 11) is 1.19. The summed E-state index contributed by atoms with van der Waals surface area (Å²) < 4.78 is 17.1. The molecule has 1 fully saturated rings. The lowest BCUT2D eigenvalue weighted by Gasteiger charge is -2.13. The molecule has 162 valence electrons. The predicted molar refractivity (Wildman–Crippen MR) is 116 cm³/mol. The normalized spacial score (nSPS) is 14.5. The lowest BCUT2D eigenvalue weighted by Crippen LogP contribution is -2.36. The van der Waals surface area contributed by atoms with Crippen molar-refractivity contribution in [2.24, 2.45) is 0 Å². The largest absolute Gasteiger partial charge is 0.490 e. The van der Waals surface area contributed by atoms with E-state index in [1.54, 1.807) is 18.2 Å². The SMILES string of the molecule is CCOc1cc(/C=C2/NC(=O)N(CC(=O)OC)C2=O)ccc1OCc1ccc(Br)cc1. The monoisotopic (exact) mass is 488 g/mol. The molecule has 1 N–H and O–H groups in total. The molecule has 0 saturated carbocycles. The maximum Gasteiger partial charge on any atom is 0.329 e. The average molecular weight is 489 g/mol. The minimum atomic E-state index is -0.685. The van der Waals surface area contributed by atoms with E-state index in [0.717, 1.165) is 14.9 Å². The van der Waals surface area contributed by atoms with Crippen LogP contribution >= 0.6 is 15.9 Å². The average Bonchev–Trinajstić information content (AvgIpc) is 3.01. The number of nitrogens with zero attached hydrogens (tertiary/aromatic N) is 1. The molecule has 0 unspecified atom stereocenters. The van der Waals surface area contributed by atoms with Gasteiger partial charge in [-0.1, -0.05) is 34.1 Å². The first-order valence-electron chi connectivity index (χ1n) is 9.46. The number of benzene rings is 2. The van der Waals surface area contributed by atoms with E-state index < -0.39 is 24.5 Å². The number of carbonyl (C=O) groups is 3. The highest BCUT2D eigenvalue weighted by atomic mass is 79.9. The zero-order valence-electron chi connectivity index (χ0n) is 17.0. The third kappa shape index (κ3) is 5.64. The third-order valence-corrected chi connectivity index (χ3v) is 4.89. The van der Waals surface area contributed by atoms with Gasteiger partial charge in [-0.15, -0.1) is 0 Å². The van der Waals surface area contributed by atoms with E-state index in [4.69, 9.17) is 9.47 Å². The minimum Gasteiger partial charge on any atom is -0.490 e. The summed E-state index contributed by atoms with van der Waals surface area (Å²) in [6.07, 6.45) is 1.51. The van der Waals surface area contributed by atoms with Crippen LogP contribution in [0.2, 0.25) is 0 Å². The van der Waals surface area contributed by atoms with Crippen molar-refractivity contribution in [1.29, 1.82) is 0 Å². The Kier molecular flexibility index (Phi) is 7.30. The molecule has 3 amide bonds. The Labute approximate surface area is 187 Å². The van der Waals surface area contributed by atoms with Crippen LogP contribution in [0.3, 0.4) is 0 Å². The van der Waals surface area contributed by atoms with E-state index in [-0.39, 0.29) is 5.70 Å². The zero-order chi connectivity index (χ0) is 22.4. The van der Waals surface area contributed by atoms with Crippen LogP contribution in [0.5, 0.6) is 11.5 Å². The van der Waals surface area contributed by atoms with Crippen LogP contribution in [0.1, 0.15) is 18.1 Å². The first kappa shape index (κ1) is 22.4. The summed E-state index contributed by atoms with van der Waals surface area (Å²) in [6, 6.07) is 12.3. The van der Waals surface area contributed by atoms with Crippen LogP contribution in [0.25, 0.3) is 6.08 Å². The number of rotatable bonds is 8. The summed E-state index contributed by atoms with van der Waals surface area (Å²) in [5.74, 6) is -0.224. The van der Waals surface area contributed by atoms with Crippen molar-refractivity contribution in [3.05, 3.63) is 63.8 Å². The molecule has 0 radical (unpaired) electrons. The predicted octanol–water partition coefficient (Wildman–Crippen LogP) is 3.49. The van der Waals surface area contributed by atoms with Crippen molar-refractivity contribution in [3.63, 3.8) is 0 Å². The first-order chi connectivity index (χ1) is 14.9. The smallest absolute Gasteiger partial charge is 0.329 e. The second-order valence-corrected chi connectivity index (χ2v) is 7.43. The first-order valence-corrected chi connectivity index (χ1v) is 10.3. The molecular weight excluding hydrogens is 468 g/mol. The van der Waals surface area contributed by atoms with Gasteiger partial charge in [-0.05, 0) is 48.4 Å². The number of halogens is 1. The number of imide groups is 1. The second kappa shape index (κ2) is 10.1. The maximum absolute atomic E-state index is 12.4. The quantitative estimate of drug-likeness (QED) is 0.347. The molecule has 1 saturated heterocycles. The number of ether oxygens (including phenoxy) is 3. The van der Waals surface area contributed by atoms with Crippen LogP contribution in [0.4, 0.5) is 4.79 Å². The molecule has 3 rings (SSSR count). The third-order valence-electron chi connectivity index (χ3n) is 4.36. The summed E-state index contributed by atoms with van der Waals surface area (Å²) in [5.41, 5.74) is 1.68. The number of hydrogen-bond donors (Lipinski definition) is 1. The summed E-state index contributed by atoms with van der Waals surface area (Å²) in [4.78, 5) is 36.6. The van der Waals surface area contributed by atoms with Crippen molar-refractivity contribution in [3.8, 4) is 11.5 Å². The Hall–Kier alpha value is -3.33. The highest BCUT2D eigenvalue weighted by Crippen LogP contribution is 2.30. The Morgan fingerprint density at radius 2 is 1.84 bits per heavy atom. The van der Waals surface area contributed by atoms with Crippen LogP contribution in [0.15, 0.2) is 52.6 Å². The van der Waals surface area contributed by atoms with Crippen molar-refractivity contribution in [2.45, 2.75) is 13.5 Å². The number of nitrogens with one attached hydrogen (secondary N) is 1. The van der Waals surface area contributed by atoms with E-state index in [1.807, 2.05) is 31.2 Å². The lowest BCUT2D eigenvalue weighted by atomic mass is 10.1. The fraction of sp³-hybridized carbons (Fsp3) is 0.227. The fourth-order valence-electron chi connectivity index (χ4n) is 2.82. The number of hydrogen-bond acceptors (Lipinski definition) is 6. The number of carbonyl (C=O) groups excluding carboxylic acids is 3. The van der Waals surface area contributed by atoms with Crippen LogP contribution in [-0.2, 0) is 20.9 Å². The Balaban J connectivity index is 1.77. The molecule has 2 aromatic carbocycles. The van der Waals surface area contributed by atoms with Crippen molar-refractivity contribution in [1.82, 2.24) is 10.2 Å². The van der Waals surface area contributed by atoms with Crippen molar-refractivity contribution < 1.29 is 28.6 Å². The van der Waals surface area contributed by atoms with Crippen LogP contribution < -0.4 is 14.8 Å². The van der Waals surface area contributed by atoms with E-state index in [9.17, 15) is 14.4 Å². The molecule has 8 nitrogen and oxygen atoms in total. The highest BCUT2D eigenvalue weighted by Gasteiger charge is 2.35. The van der Waals surface area contributed by atoms with Crippen LogP contribution in [0, 0.1) is 0 Å². The molecule has 9 heteroatoms. The molecule has 1 aliphatic rings. The molecule has 0 aliphatic carbocycles. The lowest BCUT2D eigenvalue weighted by molar-refractivity contribution is -0.143. The molecular formula is C22H21BrN2O6. The highest BCUT2D eigenvalue weighted by molar-refractivity contribution is 9.10. The van der Waals surface area contributed by atoms with Gasteiger partial charge in [-0.25, -0.2) is 9.69 Å². The van der Waals surface area contributed by atoms with Gasteiger partial charge in [0.05, 0.1) is 13.7 Å². The Bertz CT molecular complexity index is 1020. The maximum atomic E-state index is 12.4. The molecule has 1 aliphatic heterocycles. The molecule has 0 aromatic heterocycles. The number of urea groups is 1. The van der Waals surface area contributed by atoms with Gasteiger partial charge in [0.1, 0.15) is 18.8 Å². The van der Waals surface area contributed by atoms with Gasteiger partial charge in [-0.3, -0.25) is 9.59 Å². The minimum absolute atomic E-state index is 0.0554. The summed E-state index contributed by atoms with van der Waals surface area (Å²) in [6.45, 7) is 2.20. The Morgan fingerprint density at radius 3 is 2.52 bits per heavy atom. The molecule has 1 heterocycles. The Morgan fingerprint density at radius 1 is 1.10 bits per heavy atom. The summed E-state index contributed by atoms with van der Waals surface area (Å²) in [5, 5.41) is 2.46. The van der Waals surface area contributed by atoms with Gasteiger partial charge < -0.3 is 19.5 Å². The van der Waals surface area contributed by atoms with Crippen LogP contribution in [-0.4, -0.2) is 43.1 Å². The van der Waals surface area contributed by atoms with Crippen molar-refractivity contribution in [2.75, 3.05) is 20.3 Å². The van der Waals surface area contributed by atoms with Gasteiger partial charge in [0.25, 0.3) is 5.91 Å². The fourth-order valence-corrected chi connectivity index (χ4v) is 3.08. The number of methoxy groups -OCH3 is 1. The molecule has 0 atom stereocenters. The van der Waals surface area contributed by atoms with Gasteiger partial charge in [-0.2, -0.15) is 0 Å². The number of esters is 1. The van der Waals surface area contributed by atoms with Gasteiger partial charge in [0, 0.05) is 4.47 Å². The summed E-state index contributed by atoms with van der Waals surface area (Å²) >= 11 is 3.40. The number of amides is 3. The van der Waals surface area contributed by atoms with Crippen molar-refractivity contribution >= 4 is 39.9 Å². The topological polar surface area (TPSA) is 94.2 Å². The van der Waals surface area contributed by atoms with E-state index in [0.29, 0.717) is 30.3 Å².